The molecule has 0 aliphatic rings. The summed E-state index contributed by atoms with van der Waals surface area (Å²) in [6.45, 7) is 0. The molecule has 0 atom stereocenters. The number of nitrogens with one attached hydrogen (secondary N) is 1. The second-order valence-corrected chi connectivity index (χ2v) is 6.57. The second-order valence-electron chi connectivity index (χ2n) is 6.31. The van der Waals surface area contributed by atoms with E-state index in [0.29, 0.717) is 17.4 Å². The molecule has 0 fully saturated rings. The van der Waals surface area contributed by atoms with Gasteiger partial charge in [0.15, 0.2) is 0 Å². The van der Waals surface area contributed by atoms with Gasteiger partial charge in [0.25, 0.3) is 5.91 Å². The molecule has 0 saturated heterocycles. The minimum atomic E-state index is -0.219. The molecule has 4 aromatic rings. The molecule has 1 amide bonds. The van der Waals surface area contributed by atoms with Gasteiger partial charge in [0.1, 0.15) is 0 Å². The summed E-state index contributed by atoms with van der Waals surface area (Å²) in [6, 6.07) is 26.9. The molecule has 3 aromatic carbocycles. The molecule has 0 aliphatic carbocycles. The SMILES string of the molecule is O=C(Nc1nc(-c2ccccc2)cn1-c1ccccc1)c1ccc(CCl)cc1. The number of imidazole rings is 1. The molecule has 0 unspecified atom stereocenters. The van der Waals surface area contributed by atoms with Crippen LogP contribution in [0.5, 0.6) is 0 Å². The molecule has 1 heterocycles. The van der Waals surface area contributed by atoms with Gasteiger partial charge in [-0.2, -0.15) is 0 Å². The fraction of sp³-hybridized carbons (Fsp3) is 0.0435. The molecule has 0 radical (unpaired) electrons. The quantitative estimate of drug-likeness (QED) is 0.457. The number of amides is 1. The third kappa shape index (κ3) is 3.82. The number of halogens is 1. The number of alkyl halides is 1. The Balaban J connectivity index is 1.70. The molecule has 0 spiro atoms. The largest absolute Gasteiger partial charge is 0.292 e. The summed E-state index contributed by atoms with van der Waals surface area (Å²) in [5.41, 5.74) is 4.22. The normalized spacial score (nSPS) is 10.6. The zero-order valence-electron chi connectivity index (χ0n) is 15.0. The van der Waals surface area contributed by atoms with Gasteiger partial charge < -0.3 is 0 Å². The van der Waals surface area contributed by atoms with E-state index in [4.69, 9.17) is 11.6 Å². The van der Waals surface area contributed by atoms with Crippen molar-refractivity contribution in [3.05, 3.63) is 102 Å². The number of nitrogens with zero attached hydrogens (tertiary/aromatic N) is 2. The molecule has 0 bridgehead atoms. The predicted octanol–water partition coefficient (Wildman–Crippen LogP) is 5.53. The Morgan fingerprint density at radius 2 is 1.54 bits per heavy atom. The number of rotatable bonds is 5. The van der Waals surface area contributed by atoms with Crippen LogP contribution >= 0.6 is 11.6 Å². The maximum atomic E-state index is 12.7. The van der Waals surface area contributed by atoms with Crippen molar-refractivity contribution in [1.82, 2.24) is 9.55 Å². The lowest BCUT2D eigenvalue weighted by Crippen LogP contribution is -2.15. The minimum Gasteiger partial charge on any atom is -0.292 e. The van der Waals surface area contributed by atoms with Crippen LogP contribution in [0.25, 0.3) is 16.9 Å². The zero-order valence-corrected chi connectivity index (χ0v) is 15.8. The average Bonchev–Trinajstić information content (AvgIpc) is 3.19. The molecule has 4 rings (SSSR count). The van der Waals surface area contributed by atoms with Gasteiger partial charge in [0, 0.05) is 28.9 Å². The van der Waals surface area contributed by atoms with Crippen LogP contribution in [-0.4, -0.2) is 15.5 Å². The van der Waals surface area contributed by atoms with E-state index in [1.54, 1.807) is 12.1 Å². The predicted molar refractivity (Wildman–Crippen MR) is 113 cm³/mol. The minimum absolute atomic E-state index is 0.219. The highest BCUT2D eigenvalue weighted by atomic mass is 35.5. The van der Waals surface area contributed by atoms with E-state index < -0.39 is 0 Å². The molecular formula is C23H18ClN3O. The van der Waals surface area contributed by atoms with Crippen molar-refractivity contribution in [2.75, 3.05) is 5.32 Å². The van der Waals surface area contributed by atoms with Crippen LogP contribution in [0.2, 0.25) is 0 Å². The van der Waals surface area contributed by atoms with E-state index in [-0.39, 0.29) is 5.91 Å². The van der Waals surface area contributed by atoms with Gasteiger partial charge in [-0.3, -0.25) is 14.7 Å². The fourth-order valence-electron chi connectivity index (χ4n) is 2.92. The summed E-state index contributed by atoms with van der Waals surface area (Å²) >= 11 is 5.82. The summed E-state index contributed by atoms with van der Waals surface area (Å²) in [5.74, 6) is 0.667. The van der Waals surface area contributed by atoms with Crippen molar-refractivity contribution >= 4 is 23.5 Å². The van der Waals surface area contributed by atoms with E-state index in [9.17, 15) is 4.79 Å². The number of carbonyl (C=O) groups excluding carboxylic acids is 1. The Morgan fingerprint density at radius 3 is 2.18 bits per heavy atom. The lowest BCUT2D eigenvalue weighted by molar-refractivity contribution is 0.102. The second kappa shape index (κ2) is 8.11. The Kier molecular flexibility index (Phi) is 5.22. The number of carbonyl (C=O) groups is 1. The van der Waals surface area contributed by atoms with Gasteiger partial charge in [0.2, 0.25) is 5.95 Å². The first-order valence-corrected chi connectivity index (χ1v) is 9.44. The van der Waals surface area contributed by atoms with Crippen LogP contribution in [0, 0.1) is 0 Å². The van der Waals surface area contributed by atoms with Gasteiger partial charge in [-0.05, 0) is 29.8 Å². The number of benzene rings is 3. The molecule has 0 saturated carbocycles. The van der Waals surface area contributed by atoms with Gasteiger partial charge >= 0.3 is 0 Å². The molecule has 0 aliphatic heterocycles. The van der Waals surface area contributed by atoms with E-state index in [1.165, 1.54) is 0 Å². The highest BCUT2D eigenvalue weighted by Gasteiger charge is 2.15. The van der Waals surface area contributed by atoms with Gasteiger partial charge in [-0.15, -0.1) is 11.6 Å². The first kappa shape index (κ1) is 18.0. The fourth-order valence-corrected chi connectivity index (χ4v) is 3.10. The molecule has 4 nitrogen and oxygen atoms in total. The van der Waals surface area contributed by atoms with Crippen LogP contribution in [0.15, 0.2) is 91.1 Å². The lowest BCUT2D eigenvalue weighted by atomic mass is 10.1. The monoisotopic (exact) mass is 387 g/mol. The maximum Gasteiger partial charge on any atom is 0.257 e. The highest BCUT2D eigenvalue weighted by Crippen LogP contribution is 2.24. The molecule has 28 heavy (non-hydrogen) atoms. The number of anilines is 1. The van der Waals surface area contributed by atoms with Gasteiger partial charge in [-0.1, -0.05) is 60.7 Å². The molecule has 138 valence electrons. The number of para-hydroxylation sites is 1. The van der Waals surface area contributed by atoms with Crippen molar-refractivity contribution in [3.63, 3.8) is 0 Å². The standard InChI is InChI=1S/C23H18ClN3O/c24-15-17-11-13-19(14-12-17)22(28)26-23-25-21(18-7-3-1-4-8-18)16-27(23)20-9-5-2-6-10-20/h1-14,16H,15H2,(H,25,26,28). The van der Waals surface area contributed by atoms with Crippen LogP contribution in [-0.2, 0) is 5.88 Å². The first-order chi connectivity index (χ1) is 13.7. The van der Waals surface area contributed by atoms with Crippen LogP contribution in [0.1, 0.15) is 15.9 Å². The summed E-state index contributed by atoms with van der Waals surface area (Å²) in [6.07, 6.45) is 1.93. The van der Waals surface area contributed by atoms with Crippen LogP contribution in [0.3, 0.4) is 0 Å². The summed E-state index contributed by atoms with van der Waals surface area (Å²) in [5, 5.41) is 2.93. The highest BCUT2D eigenvalue weighted by molar-refractivity contribution is 6.17. The lowest BCUT2D eigenvalue weighted by Gasteiger charge is -2.09. The third-order valence-electron chi connectivity index (χ3n) is 4.41. The van der Waals surface area contributed by atoms with E-state index in [0.717, 1.165) is 22.5 Å². The number of hydrogen-bond donors (Lipinski definition) is 1. The first-order valence-electron chi connectivity index (χ1n) is 8.91. The molecular weight excluding hydrogens is 370 g/mol. The van der Waals surface area contributed by atoms with E-state index >= 15 is 0 Å². The van der Waals surface area contributed by atoms with Crippen molar-refractivity contribution in [1.29, 1.82) is 0 Å². The topological polar surface area (TPSA) is 46.9 Å². The maximum absolute atomic E-state index is 12.7. The van der Waals surface area contributed by atoms with Crippen molar-refractivity contribution in [2.45, 2.75) is 5.88 Å². The van der Waals surface area contributed by atoms with Crippen molar-refractivity contribution in [3.8, 4) is 16.9 Å². The van der Waals surface area contributed by atoms with Gasteiger partial charge in [0.05, 0.1) is 5.69 Å². The third-order valence-corrected chi connectivity index (χ3v) is 4.71. The van der Waals surface area contributed by atoms with E-state index in [1.807, 2.05) is 83.6 Å². The Bertz CT molecular complexity index is 1070. The summed E-state index contributed by atoms with van der Waals surface area (Å²) < 4.78 is 1.88. The average molecular weight is 388 g/mol. The summed E-state index contributed by atoms with van der Waals surface area (Å²) in [7, 11) is 0. The van der Waals surface area contributed by atoms with Crippen LogP contribution < -0.4 is 5.32 Å². The zero-order chi connectivity index (χ0) is 19.3. The molecule has 1 N–H and O–H groups in total. The van der Waals surface area contributed by atoms with Gasteiger partial charge in [-0.25, -0.2) is 4.98 Å². The smallest absolute Gasteiger partial charge is 0.257 e. The van der Waals surface area contributed by atoms with E-state index in [2.05, 4.69) is 10.3 Å². The Hall–Kier alpha value is -3.37. The Morgan fingerprint density at radius 1 is 0.893 bits per heavy atom. The molecule has 1 aromatic heterocycles. The van der Waals surface area contributed by atoms with Crippen LogP contribution in [0.4, 0.5) is 5.95 Å². The van der Waals surface area contributed by atoms with Crippen molar-refractivity contribution in [2.24, 2.45) is 0 Å². The van der Waals surface area contributed by atoms with Crippen molar-refractivity contribution < 1.29 is 4.79 Å². The summed E-state index contributed by atoms with van der Waals surface area (Å²) in [4.78, 5) is 17.4. The molecule has 5 heteroatoms. The Labute approximate surface area is 168 Å². The number of aromatic nitrogens is 2. The number of hydrogen-bond acceptors (Lipinski definition) is 2.